The van der Waals surface area contributed by atoms with Crippen LogP contribution < -0.4 is 10.0 Å². The summed E-state index contributed by atoms with van der Waals surface area (Å²) < 4.78 is 22.6. The molecular formula is C13H20N2O4S. The Labute approximate surface area is 119 Å². The largest absolute Gasteiger partial charge is 0.478 e. The van der Waals surface area contributed by atoms with E-state index in [2.05, 4.69) is 0 Å². The van der Waals surface area contributed by atoms with Gasteiger partial charge in [0.1, 0.15) is 0 Å². The van der Waals surface area contributed by atoms with Crippen molar-refractivity contribution >= 4 is 21.7 Å². The summed E-state index contributed by atoms with van der Waals surface area (Å²) >= 11 is 0. The summed E-state index contributed by atoms with van der Waals surface area (Å²) in [4.78, 5) is 13.1. The van der Waals surface area contributed by atoms with E-state index >= 15 is 0 Å². The number of aromatic carboxylic acids is 1. The van der Waals surface area contributed by atoms with Gasteiger partial charge in [-0.2, -0.15) is 0 Å². The number of carbonyl (C=O) groups is 1. The Morgan fingerprint density at radius 1 is 1.40 bits per heavy atom. The molecule has 112 valence electrons. The van der Waals surface area contributed by atoms with Crippen molar-refractivity contribution in [3.05, 3.63) is 23.8 Å². The minimum atomic E-state index is -3.92. The topological polar surface area (TPSA) is 101 Å². The number of hydrogen-bond donors (Lipinski definition) is 2. The maximum Gasteiger partial charge on any atom is 0.337 e. The van der Waals surface area contributed by atoms with Crippen LogP contribution in [0.15, 0.2) is 23.1 Å². The van der Waals surface area contributed by atoms with Crippen molar-refractivity contribution in [2.45, 2.75) is 38.1 Å². The van der Waals surface area contributed by atoms with Gasteiger partial charge in [0.15, 0.2) is 0 Å². The Bertz CT molecular complexity index is 598. The minimum Gasteiger partial charge on any atom is -0.478 e. The van der Waals surface area contributed by atoms with E-state index in [4.69, 9.17) is 5.14 Å². The van der Waals surface area contributed by atoms with E-state index in [1.807, 2.05) is 25.7 Å². The molecule has 1 unspecified atom stereocenters. The van der Waals surface area contributed by atoms with Crippen LogP contribution in [0.25, 0.3) is 0 Å². The number of anilines is 1. The Morgan fingerprint density at radius 3 is 2.40 bits per heavy atom. The molecule has 3 N–H and O–H groups in total. The van der Waals surface area contributed by atoms with Crippen LogP contribution in [-0.4, -0.2) is 32.1 Å². The lowest BCUT2D eigenvalue weighted by Gasteiger charge is -2.30. The van der Waals surface area contributed by atoms with Gasteiger partial charge in [0.2, 0.25) is 10.0 Å². The number of carboxylic acid groups (broad SMARTS) is 1. The quantitative estimate of drug-likeness (QED) is 0.832. The zero-order chi connectivity index (χ0) is 15.5. The number of sulfonamides is 1. The van der Waals surface area contributed by atoms with E-state index in [0.717, 1.165) is 12.5 Å². The van der Waals surface area contributed by atoms with Crippen LogP contribution in [0.3, 0.4) is 0 Å². The number of hydrogen-bond acceptors (Lipinski definition) is 4. The van der Waals surface area contributed by atoms with Gasteiger partial charge in [-0.25, -0.2) is 18.4 Å². The molecule has 1 atom stereocenters. The van der Waals surface area contributed by atoms with Crippen LogP contribution in [-0.2, 0) is 10.0 Å². The van der Waals surface area contributed by atoms with Crippen LogP contribution in [0, 0.1) is 0 Å². The van der Waals surface area contributed by atoms with Gasteiger partial charge in [-0.1, -0.05) is 6.92 Å². The van der Waals surface area contributed by atoms with Crippen LogP contribution in [0.1, 0.15) is 37.6 Å². The lowest BCUT2D eigenvalue weighted by Crippen LogP contribution is -2.33. The zero-order valence-electron chi connectivity index (χ0n) is 11.8. The highest BCUT2D eigenvalue weighted by molar-refractivity contribution is 7.89. The highest BCUT2D eigenvalue weighted by atomic mass is 32.2. The van der Waals surface area contributed by atoms with Crippen LogP contribution in [0.5, 0.6) is 0 Å². The minimum absolute atomic E-state index is 0.0568. The van der Waals surface area contributed by atoms with Crippen molar-refractivity contribution in [3.8, 4) is 0 Å². The maximum absolute atomic E-state index is 11.4. The average Bonchev–Trinajstić information content (AvgIpc) is 2.38. The summed E-state index contributed by atoms with van der Waals surface area (Å²) in [5.74, 6) is -1.17. The smallest absolute Gasteiger partial charge is 0.337 e. The summed E-state index contributed by atoms with van der Waals surface area (Å²) in [6, 6.07) is 4.09. The van der Waals surface area contributed by atoms with E-state index in [1.54, 1.807) is 0 Å². The second kappa shape index (κ2) is 6.23. The summed E-state index contributed by atoms with van der Waals surface area (Å²) in [7, 11) is -3.92. The van der Waals surface area contributed by atoms with Crippen molar-refractivity contribution in [3.63, 3.8) is 0 Å². The fourth-order valence-corrected chi connectivity index (χ4v) is 2.59. The first-order chi connectivity index (χ1) is 9.22. The molecule has 1 aromatic carbocycles. The van der Waals surface area contributed by atoms with Crippen LogP contribution in [0.4, 0.5) is 5.69 Å². The molecule has 0 radical (unpaired) electrons. The predicted molar refractivity (Wildman–Crippen MR) is 77.5 cm³/mol. The third-order valence-corrected chi connectivity index (χ3v) is 4.21. The number of carboxylic acids is 1. The summed E-state index contributed by atoms with van der Waals surface area (Å²) in [6.45, 7) is 6.55. The van der Waals surface area contributed by atoms with Gasteiger partial charge >= 0.3 is 5.97 Å². The molecule has 1 aromatic rings. The molecule has 0 saturated heterocycles. The lowest BCUT2D eigenvalue weighted by atomic mass is 10.1. The second-order valence-corrected chi connectivity index (χ2v) is 6.13. The molecule has 0 spiro atoms. The number of rotatable bonds is 6. The molecule has 0 fully saturated rings. The van der Waals surface area contributed by atoms with Gasteiger partial charge in [-0.3, -0.25) is 0 Å². The van der Waals surface area contributed by atoms with Gasteiger partial charge in [0.25, 0.3) is 0 Å². The zero-order valence-corrected chi connectivity index (χ0v) is 12.6. The summed E-state index contributed by atoms with van der Waals surface area (Å²) in [5.41, 5.74) is 0.445. The summed E-state index contributed by atoms with van der Waals surface area (Å²) in [5, 5.41) is 14.3. The number of nitrogens with zero attached hydrogens (tertiary/aromatic N) is 1. The standard InChI is InChI=1S/C13H20N2O4S/c1-4-9(3)15(5-2)12-7-6-10(20(14,18)19)8-11(12)13(16)17/h6-9H,4-5H2,1-3H3,(H,16,17)(H2,14,18,19). The SMILES string of the molecule is CCC(C)N(CC)c1ccc(S(N)(=O)=O)cc1C(=O)O. The maximum atomic E-state index is 11.4. The number of benzene rings is 1. The van der Waals surface area contributed by atoms with E-state index in [0.29, 0.717) is 12.2 Å². The van der Waals surface area contributed by atoms with E-state index in [-0.39, 0.29) is 16.5 Å². The van der Waals surface area contributed by atoms with Crippen molar-refractivity contribution in [2.24, 2.45) is 5.14 Å². The van der Waals surface area contributed by atoms with Crippen molar-refractivity contribution < 1.29 is 18.3 Å². The van der Waals surface area contributed by atoms with E-state index in [9.17, 15) is 18.3 Å². The third-order valence-electron chi connectivity index (χ3n) is 3.30. The fourth-order valence-electron chi connectivity index (χ4n) is 2.05. The van der Waals surface area contributed by atoms with Crippen molar-refractivity contribution in [2.75, 3.05) is 11.4 Å². The van der Waals surface area contributed by atoms with E-state index in [1.165, 1.54) is 12.1 Å². The molecule has 0 amide bonds. The first-order valence-electron chi connectivity index (χ1n) is 6.39. The predicted octanol–water partition coefficient (Wildman–Crippen LogP) is 1.66. The Balaban J connectivity index is 3.44. The number of nitrogens with two attached hydrogens (primary N) is 1. The molecule has 6 nitrogen and oxygen atoms in total. The van der Waals surface area contributed by atoms with Gasteiger partial charge in [0.05, 0.1) is 16.1 Å². The monoisotopic (exact) mass is 300 g/mol. The molecule has 0 aliphatic rings. The molecule has 0 saturated carbocycles. The van der Waals surface area contributed by atoms with Gasteiger partial charge in [0, 0.05) is 12.6 Å². The molecule has 0 aromatic heterocycles. The third kappa shape index (κ3) is 3.49. The highest BCUT2D eigenvalue weighted by Gasteiger charge is 2.21. The van der Waals surface area contributed by atoms with Crippen LogP contribution in [0.2, 0.25) is 0 Å². The normalized spacial score (nSPS) is 13.0. The Hall–Kier alpha value is -1.60. The highest BCUT2D eigenvalue weighted by Crippen LogP contribution is 2.26. The molecule has 0 aliphatic heterocycles. The molecule has 7 heteroatoms. The number of primary sulfonamides is 1. The molecule has 1 rings (SSSR count). The molecular weight excluding hydrogens is 280 g/mol. The Kier molecular flexibility index (Phi) is 5.13. The van der Waals surface area contributed by atoms with Gasteiger partial charge < -0.3 is 10.0 Å². The molecule has 0 bridgehead atoms. The first-order valence-corrected chi connectivity index (χ1v) is 7.93. The molecule has 0 heterocycles. The molecule has 20 heavy (non-hydrogen) atoms. The molecule has 0 aliphatic carbocycles. The van der Waals surface area contributed by atoms with Gasteiger partial charge in [-0.05, 0) is 38.5 Å². The first kappa shape index (κ1) is 16.5. The second-order valence-electron chi connectivity index (χ2n) is 4.57. The van der Waals surface area contributed by atoms with Crippen molar-refractivity contribution in [1.29, 1.82) is 0 Å². The average molecular weight is 300 g/mol. The fraction of sp³-hybridized carbons (Fsp3) is 0.462. The van der Waals surface area contributed by atoms with Gasteiger partial charge in [-0.15, -0.1) is 0 Å². The van der Waals surface area contributed by atoms with Crippen molar-refractivity contribution in [1.82, 2.24) is 0 Å². The van der Waals surface area contributed by atoms with Crippen LogP contribution >= 0.6 is 0 Å². The Morgan fingerprint density at radius 2 is 2.00 bits per heavy atom. The lowest BCUT2D eigenvalue weighted by molar-refractivity contribution is 0.0697. The van der Waals surface area contributed by atoms with E-state index < -0.39 is 16.0 Å². The summed E-state index contributed by atoms with van der Waals surface area (Å²) in [6.07, 6.45) is 0.851.